The van der Waals surface area contributed by atoms with E-state index in [4.69, 9.17) is 9.26 Å². The Morgan fingerprint density at radius 3 is 3.00 bits per heavy atom. The molecule has 1 aliphatic carbocycles. The second kappa shape index (κ2) is 6.96. The summed E-state index contributed by atoms with van der Waals surface area (Å²) in [5.41, 5.74) is 2.02. The smallest absolute Gasteiger partial charge is 0.236 e. The third kappa shape index (κ3) is 3.31. The van der Waals surface area contributed by atoms with Crippen molar-refractivity contribution in [3.8, 4) is 11.4 Å². The summed E-state index contributed by atoms with van der Waals surface area (Å²) in [6.45, 7) is 3.28. The van der Waals surface area contributed by atoms with Crippen LogP contribution in [0.4, 0.5) is 0 Å². The summed E-state index contributed by atoms with van der Waals surface area (Å²) in [5, 5.41) is 4.05. The van der Waals surface area contributed by atoms with Crippen molar-refractivity contribution in [2.45, 2.75) is 51.2 Å². The lowest BCUT2D eigenvalue weighted by Gasteiger charge is -2.43. The van der Waals surface area contributed by atoms with Gasteiger partial charge in [0.05, 0.1) is 18.8 Å². The number of amides is 1. The maximum Gasteiger partial charge on any atom is 0.236 e. The zero-order valence-electron chi connectivity index (χ0n) is 14.5. The quantitative estimate of drug-likeness (QED) is 0.859. The lowest BCUT2D eigenvalue weighted by Crippen LogP contribution is -2.55. The maximum absolute atomic E-state index is 12.8. The first-order valence-electron chi connectivity index (χ1n) is 9.02. The SMILES string of the molecule is Cc1ccccc1-c1noc(CC(=O)N2CCOC3CCCCC32)n1. The molecule has 1 aliphatic heterocycles. The highest BCUT2D eigenvalue weighted by atomic mass is 16.5. The number of benzene rings is 1. The van der Waals surface area contributed by atoms with Crippen LogP contribution in [0.1, 0.15) is 37.1 Å². The summed E-state index contributed by atoms with van der Waals surface area (Å²) in [4.78, 5) is 19.2. The minimum absolute atomic E-state index is 0.0557. The Labute approximate surface area is 147 Å². The predicted molar refractivity (Wildman–Crippen MR) is 91.9 cm³/mol. The second-order valence-corrected chi connectivity index (χ2v) is 6.85. The Kier molecular flexibility index (Phi) is 4.53. The van der Waals surface area contributed by atoms with Gasteiger partial charge in [-0.15, -0.1) is 0 Å². The number of nitrogens with zero attached hydrogens (tertiary/aromatic N) is 3. The Hall–Kier alpha value is -2.21. The van der Waals surface area contributed by atoms with Crippen LogP contribution in [0.3, 0.4) is 0 Å². The van der Waals surface area contributed by atoms with Crippen molar-refractivity contribution in [3.05, 3.63) is 35.7 Å². The number of carbonyl (C=O) groups excluding carboxylic acids is 1. The van der Waals surface area contributed by atoms with E-state index in [0.717, 1.165) is 30.4 Å². The third-order valence-corrected chi connectivity index (χ3v) is 5.21. The summed E-state index contributed by atoms with van der Waals surface area (Å²) in [6, 6.07) is 8.09. The van der Waals surface area contributed by atoms with E-state index in [0.29, 0.717) is 24.9 Å². The van der Waals surface area contributed by atoms with Gasteiger partial charge in [0, 0.05) is 12.1 Å². The van der Waals surface area contributed by atoms with E-state index in [1.54, 1.807) is 0 Å². The molecule has 0 N–H and O–H groups in total. The molecule has 2 aromatic rings. The first-order chi connectivity index (χ1) is 12.2. The first kappa shape index (κ1) is 16.3. The van der Waals surface area contributed by atoms with Crippen LogP contribution >= 0.6 is 0 Å². The number of aromatic nitrogens is 2. The Balaban J connectivity index is 1.47. The summed E-state index contributed by atoms with van der Waals surface area (Å²) in [7, 11) is 0. The summed E-state index contributed by atoms with van der Waals surface area (Å²) in [6.07, 6.45) is 4.76. The van der Waals surface area contributed by atoms with Crippen LogP contribution in [0.2, 0.25) is 0 Å². The molecule has 2 unspecified atom stereocenters. The van der Waals surface area contributed by atoms with Crippen molar-refractivity contribution in [2.75, 3.05) is 13.2 Å². The van der Waals surface area contributed by atoms with Crippen LogP contribution in [-0.2, 0) is 16.0 Å². The molecule has 0 bridgehead atoms. The highest BCUT2D eigenvalue weighted by Gasteiger charge is 2.36. The molecule has 4 rings (SSSR count). The van der Waals surface area contributed by atoms with Crippen LogP contribution in [0.15, 0.2) is 28.8 Å². The maximum atomic E-state index is 12.8. The molecule has 2 heterocycles. The summed E-state index contributed by atoms with van der Waals surface area (Å²) < 4.78 is 11.2. The van der Waals surface area contributed by atoms with E-state index < -0.39 is 0 Å². The molecular formula is C19H23N3O3. The average Bonchev–Trinajstić information content (AvgIpc) is 3.09. The number of fused-ring (bicyclic) bond motifs is 1. The van der Waals surface area contributed by atoms with E-state index in [-0.39, 0.29) is 24.5 Å². The van der Waals surface area contributed by atoms with Crippen LogP contribution in [0.25, 0.3) is 11.4 Å². The van der Waals surface area contributed by atoms with Gasteiger partial charge < -0.3 is 14.2 Å². The second-order valence-electron chi connectivity index (χ2n) is 6.85. The molecule has 2 fully saturated rings. The van der Waals surface area contributed by atoms with Crippen molar-refractivity contribution in [1.82, 2.24) is 15.0 Å². The molecule has 1 amide bonds. The fraction of sp³-hybridized carbons (Fsp3) is 0.526. The molecule has 6 heteroatoms. The van der Waals surface area contributed by atoms with Gasteiger partial charge in [-0.1, -0.05) is 42.3 Å². The monoisotopic (exact) mass is 341 g/mol. The number of morpholine rings is 1. The number of aryl methyl sites for hydroxylation is 1. The topological polar surface area (TPSA) is 68.5 Å². The standard InChI is InChI=1S/C19H23N3O3/c1-13-6-2-3-7-14(13)19-20-17(25-21-19)12-18(23)22-10-11-24-16-9-5-4-8-15(16)22/h2-3,6-7,15-16H,4-5,8-12H2,1H3. The van der Waals surface area contributed by atoms with Gasteiger partial charge in [-0.2, -0.15) is 4.98 Å². The van der Waals surface area contributed by atoms with Gasteiger partial charge in [0.15, 0.2) is 0 Å². The van der Waals surface area contributed by atoms with Gasteiger partial charge in [-0.25, -0.2) is 0 Å². The molecule has 6 nitrogen and oxygen atoms in total. The highest BCUT2D eigenvalue weighted by Crippen LogP contribution is 2.29. The lowest BCUT2D eigenvalue weighted by molar-refractivity contribution is -0.149. The van der Waals surface area contributed by atoms with Crippen LogP contribution in [0, 0.1) is 6.92 Å². The minimum atomic E-state index is 0.0557. The van der Waals surface area contributed by atoms with Gasteiger partial charge in [-0.05, 0) is 25.3 Å². The van der Waals surface area contributed by atoms with Crippen LogP contribution < -0.4 is 0 Å². The Bertz CT molecular complexity index is 756. The van der Waals surface area contributed by atoms with Gasteiger partial charge >= 0.3 is 0 Å². The van der Waals surface area contributed by atoms with E-state index in [1.165, 1.54) is 6.42 Å². The molecule has 25 heavy (non-hydrogen) atoms. The molecule has 2 aliphatic rings. The molecule has 1 aromatic heterocycles. The molecule has 132 valence electrons. The molecule has 2 atom stereocenters. The number of carbonyl (C=O) groups is 1. The first-order valence-corrected chi connectivity index (χ1v) is 9.02. The Morgan fingerprint density at radius 2 is 2.12 bits per heavy atom. The highest BCUT2D eigenvalue weighted by molar-refractivity contribution is 5.78. The molecule has 1 saturated heterocycles. The van der Waals surface area contributed by atoms with Gasteiger partial charge in [0.2, 0.25) is 17.6 Å². The fourth-order valence-electron chi connectivity index (χ4n) is 3.90. The number of ether oxygens (including phenoxy) is 1. The van der Waals surface area contributed by atoms with Crippen molar-refractivity contribution in [1.29, 1.82) is 0 Å². The number of hydrogen-bond donors (Lipinski definition) is 0. The zero-order chi connectivity index (χ0) is 17.2. The van der Waals surface area contributed by atoms with Crippen molar-refractivity contribution < 1.29 is 14.1 Å². The fourth-order valence-corrected chi connectivity index (χ4v) is 3.90. The molecular weight excluding hydrogens is 318 g/mol. The number of rotatable bonds is 3. The lowest BCUT2D eigenvalue weighted by atomic mass is 9.90. The summed E-state index contributed by atoms with van der Waals surface area (Å²) in [5.74, 6) is 0.973. The molecule has 1 aromatic carbocycles. The van der Waals surface area contributed by atoms with Gasteiger partial charge in [-0.3, -0.25) is 4.79 Å². The third-order valence-electron chi connectivity index (χ3n) is 5.21. The zero-order valence-corrected chi connectivity index (χ0v) is 14.5. The van der Waals surface area contributed by atoms with E-state index >= 15 is 0 Å². The Morgan fingerprint density at radius 1 is 1.28 bits per heavy atom. The average molecular weight is 341 g/mol. The van der Waals surface area contributed by atoms with E-state index in [2.05, 4.69) is 10.1 Å². The molecule has 0 spiro atoms. The van der Waals surface area contributed by atoms with E-state index in [9.17, 15) is 4.79 Å². The normalized spacial score (nSPS) is 23.3. The van der Waals surface area contributed by atoms with Crippen molar-refractivity contribution >= 4 is 5.91 Å². The van der Waals surface area contributed by atoms with Crippen LogP contribution in [0.5, 0.6) is 0 Å². The van der Waals surface area contributed by atoms with Gasteiger partial charge in [0.25, 0.3) is 0 Å². The predicted octanol–water partition coefficient (Wildman–Crippen LogP) is 2.76. The molecule has 1 saturated carbocycles. The van der Waals surface area contributed by atoms with E-state index in [1.807, 2.05) is 36.1 Å². The van der Waals surface area contributed by atoms with Crippen LogP contribution in [-0.4, -0.2) is 46.2 Å². The number of hydrogen-bond acceptors (Lipinski definition) is 5. The van der Waals surface area contributed by atoms with Crippen molar-refractivity contribution in [2.24, 2.45) is 0 Å². The largest absolute Gasteiger partial charge is 0.374 e. The minimum Gasteiger partial charge on any atom is -0.374 e. The molecule has 0 radical (unpaired) electrons. The van der Waals surface area contributed by atoms with Gasteiger partial charge in [0.1, 0.15) is 6.42 Å². The van der Waals surface area contributed by atoms with Crippen molar-refractivity contribution in [3.63, 3.8) is 0 Å². The summed E-state index contributed by atoms with van der Waals surface area (Å²) >= 11 is 0.